The van der Waals surface area contributed by atoms with E-state index in [1.54, 1.807) is 12.2 Å². The highest BCUT2D eigenvalue weighted by Crippen LogP contribution is 2.22. The van der Waals surface area contributed by atoms with Gasteiger partial charge in [-0.2, -0.15) is 0 Å². The van der Waals surface area contributed by atoms with Crippen molar-refractivity contribution in [3.8, 4) is 0 Å². The first-order valence-electron chi connectivity index (χ1n) is 7.34. The monoisotopic (exact) mass is 279 g/mol. The maximum atomic E-state index is 12.2. The quantitative estimate of drug-likeness (QED) is 0.722. The Balaban J connectivity index is 1.50. The van der Waals surface area contributed by atoms with Crippen molar-refractivity contribution in [2.75, 3.05) is 26.2 Å². The molecule has 0 bridgehead atoms. The van der Waals surface area contributed by atoms with E-state index in [0.717, 1.165) is 26.2 Å². The summed E-state index contributed by atoms with van der Waals surface area (Å²) in [5.74, 6) is -1.29. The molecule has 0 aromatic heterocycles. The lowest BCUT2D eigenvalue weighted by molar-refractivity contribution is -0.140. The summed E-state index contributed by atoms with van der Waals surface area (Å²) in [6.07, 6.45) is 6.33. The van der Waals surface area contributed by atoms with E-state index in [0.29, 0.717) is 12.5 Å². The van der Waals surface area contributed by atoms with E-state index in [4.69, 9.17) is 5.11 Å². The molecule has 2 amide bonds. The molecule has 2 aliphatic heterocycles. The zero-order valence-corrected chi connectivity index (χ0v) is 11.5. The number of hydrogen-bond donors (Lipinski definition) is 2. The Kier molecular flexibility index (Phi) is 3.65. The molecule has 2 saturated heterocycles. The average molecular weight is 279 g/mol. The Hall–Kier alpha value is -1.56. The summed E-state index contributed by atoms with van der Waals surface area (Å²) >= 11 is 0. The van der Waals surface area contributed by atoms with Crippen molar-refractivity contribution in [3.63, 3.8) is 0 Å². The van der Waals surface area contributed by atoms with Gasteiger partial charge in [0.15, 0.2) is 0 Å². The first-order chi connectivity index (χ1) is 9.63. The van der Waals surface area contributed by atoms with Crippen LogP contribution in [0.25, 0.3) is 0 Å². The van der Waals surface area contributed by atoms with E-state index in [1.807, 2.05) is 4.90 Å². The third-order valence-electron chi connectivity index (χ3n) is 4.58. The third-order valence-corrected chi connectivity index (χ3v) is 4.58. The van der Waals surface area contributed by atoms with Gasteiger partial charge in [-0.05, 0) is 25.8 Å². The number of carbonyl (C=O) groups excluding carboxylic acids is 1. The standard InChI is InChI=1S/C14H21N3O3/c18-13(19)10-3-4-11(8-10)15-14(20)17-7-6-16-5-1-2-12(16)9-17/h3-4,10-12H,1-2,5-9H2,(H,15,20)(H,18,19). The van der Waals surface area contributed by atoms with Crippen molar-refractivity contribution in [2.45, 2.75) is 31.3 Å². The second kappa shape index (κ2) is 5.44. The van der Waals surface area contributed by atoms with Crippen molar-refractivity contribution >= 4 is 12.0 Å². The van der Waals surface area contributed by atoms with Gasteiger partial charge >= 0.3 is 12.0 Å². The van der Waals surface area contributed by atoms with Gasteiger partial charge in [-0.15, -0.1) is 0 Å². The zero-order chi connectivity index (χ0) is 14.1. The normalized spacial score (nSPS) is 33.2. The number of rotatable bonds is 2. The molecule has 20 heavy (non-hydrogen) atoms. The maximum Gasteiger partial charge on any atom is 0.317 e. The van der Waals surface area contributed by atoms with Crippen molar-refractivity contribution in [2.24, 2.45) is 5.92 Å². The predicted molar refractivity (Wildman–Crippen MR) is 73.4 cm³/mol. The van der Waals surface area contributed by atoms with E-state index >= 15 is 0 Å². The first kappa shape index (κ1) is 13.4. The van der Waals surface area contributed by atoms with E-state index in [9.17, 15) is 9.59 Å². The molecule has 2 heterocycles. The van der Waals surface area contributed by atoms with Crippen LogP contribution in [0.4, 0.5) is 4.79 Å². The average Bonchev–Trinajstić information content (AvgIpc) is 3.05. The van der Waals surface area contributed by atoms with E-state index in [2.05, 4.69) is 10.2 Å². The molecule has 1 aliphatic carbocycles. The molecule has 0 spiro atoms. The summed E-state index contributed by atoms with van der Waals surface area (Å²) in [7, 11) is 0. The van der Waals surface area contributed by atoms with Gasteiger partial charge < -0.3 is 15.3 Å². The Labute approximate surface area is 118 Å². The molecule has 2 N–H and O–H groups in total. The van der Waals surface area contributed by atoms with Gasteiger partial charge in [0, 0.05) is 25.7 Å². The van der Waals surface area contributed by atoms with E-state index < -0.39 is 11.9 Å². The van der Waals surface area contributed by atoms with E-state index in [-0.39, 0.29) is 12.1 Å². The summed E-state index contributed by atoms with van der Waals surface area (Å²) in [6, 6.07) is 0.308. The highest BCUT2D eigenvalue weighted by molar-refractivity contribution is 5.76. The lowest BCUT2D eigenvalue weighted by Gasteiger charge is -2.37. The number of carboxylic acids is 1. The minimum Gasteiger partial charge on any atom is -0.481 e. The molecular weight excluding hydrogens is 258 g/mol. The van der Waals surface area contributed by atoms with Crippen molar-refractivity contribution in [1.82, 2.24) is 15.1 Å². The van der Waals surface area contributed by atoms with Gasteiger partial charge in [0.1, 0.15) is 0 Å². The number of fused-ring (bicyclic) bond motifs is 1. The smallest absolute Gasteiger partial charge is 0.317 e. The Morgan fingerprint density at radius 2 is 2.05 bits per heavy atom. The van der Waals surface area contributed by atoms with Crippen LogP contribution in [0.1, 0.15) is 19.3 Å². The van der Waals surface area contributed by atoms with Gasteiger partial charge in [0.05, 0.1) is 12.0 Å². The molecule has 3 unspecified atom stereocenters. The van der Waals surface area contributed by atoms with Crippen LogP contribution in [0.5, 0.6) is 0 Å². The number of nitrogens with one attached hydrogen (secondary N) is 1. The minimum absolute atomic E-state index is 0.0581. The van der Waals surface area contributed by atoms with Crippen LogP contribution in [0, 0.1) is 5.92 Å². The van der Waals surface area contributed by atoms with Crippen LogP contribution in [0.15, 0.2) is 12.2 Å². The molecule has 0 radical (unpaired) electrons. The lowest BCUT2D eigenvalue weighted by atomic mass is 10.1. The predicted octanol–water partition coefficient (Wildman–Crippen LogP) is 0.505. The van der Waals surface area contributed by atoms with E-state index in [1.165, 1.54) is 12.8 Å². The van der Waals surface area contributed by atoms with Crippen LogP contribution >= 0.6 is 0 Å². The van der Waals surface area contributed by atoms with Gasteiger partial charge in [-0.3, -0.25) is 9.69 Å². The maximum absolute atomic E-state index is 12.2. The fraction of sp³-hybridized carbons (Fsp3) is 0.714. The molecule has 3 rings (SSSR count). The van der Waals surface area contributed by atoms with Crippen molar-refractivity contribution in [1.29, 1.82) is 0 Å². The van der Waals surface area contributed by atoms with Crippen molar-refractivity contribution < 1.29 is 14.7 Å². The van der Waals surface area contributed by atoms with Crippen LogP contribution in [-0.2, 0) is 4.79 Å². The van der Waals surface area contributed by atoms with Crippen LogP contribution in [0.3, 0.4) is 0 Å². The molecule has 0 aromatic rings. The Bertz CT molecular complexity index is 437. The van der Waals surface area contributed by atoms with Crippen LogP contribution in [0.2, 0.25) is 0 Å². The number of hydrogen-bond acceptors (Lipinski definition) is 3. The number of carboxylic acid groups (broad SMARTS) is 1. The molecule has 2 fully saturated rings. The molecule has 0 aromatic carbocycles. The molecule has 3 aliphatic rings. The summed E-state index contributed by atoms with van der Waals surface area (Å²) in [5.41, 5.74) is 0. The molecule has 6 heteroatoms. The van der Waals surface area contributed by atoms with Crippen LogP contribution in [-0.4, -0.2) is 65.2 Å². The summed E-state index contributed by atoms with van der Waals surface area (Å²) in [6.45, 7) is 3.67. The first-order valence-corrected chi connectivity index (χ1v) is 7.34. The molecular formula is C14H21N3O3. The van der Waals surface area contributed by atoms with Crippen LogP contribution < -0.4 is 5.32 Å². The lowest BCUT2D eigenvalue weighted by Crippen LogP contribution is -2.55. The summed E-state index contributed by atoms with van der Waals surface area (Å²) < 4.78 is 0. The topological polar surface area (TPSA) is 72.9 Å². The number of urea groups is 1. The molecule has 110 valence electrons. The second-order valence-corrected chi connectivity index (χ2v) is 5.90. The summed E-state index contributed by atoms with van der Waals surface area (Å²) in [5, 5.41) is 11.9. The summed E-state index contributed by atoms with van der Waals surface area (Å²) in [4.78, 5) is 27.4. The van der Waals surface area contributed by atoms with Gasteiger partial charge in [0.25, 0.3) is 0 Å². The Morgan fingerprint density at radius 3 is 2.80 bits per heavy atom. The number of nitrogens with zero attached hydrogens (tertiary/aromatic N) is 2. The molecule has 3 atom stereocenters. The minimum atomic E-state index is -0.822. The second-order valence-electron chi connectivity index (χ2n) is 5.90. The number of aliphatic carboxylic acids is 1. The molecule has 6 nitrogen and oxygen atoms in total. The number of carbonyl (C=O) groups is 2. The van der Waals surface area contributed by atoms with Gasteiger partial charge in [-0.25, -0.2) is 4.79 Å². The number of piperazine rings is 1. The third kappa shape index (κ3) is 2.65. The van der Waals surface area contributed by atoms with Gasteiger partial charge in [0.2, 0.25) is 0 Å². The molecule has 0 saturated carbocycles. The number of amides is 2. The van der Waals surface area contributed by atoms with Crippen molar-refractivity contribution in [3.05, 3.63) is 12.2 Å². The fourth-order valence-electron chi connectivity index (χ4n) is 3.41. The Morgan fingerprint density at radius 1 is 1.20 bits per heavy atom. The highest BCUT2D eigenvalue weighted by Gasteiger charge is 2.33. The largest absolute Gasteiger partial charge is 0.481 e. The highest BCUT2D eigenvalue weighted by atomic mass is 16.4. The fourth-order valence-corrected chi connectivity index (χ4v) is 3.41. The van der Waals surface area contributed by atoms with Gasteiger partial charge in [-0.1, -0.05) is 12.2 Å². The SMILES string of the molecule is O=C(O)C1C=CC(NC(=O)N2CCN3CCCC3C2)C1. The zero-order valence-electron chi connectivity index (χ0n) is 11.5.